The monoisotopic (exact) mass is 448 g/mol. The van der Waals surface area contributed by atoms with E-state index in [4.69, 9.17) is 0 Å². The Bertz CT molecular complexity index is 800. The molecule has 0 atom stereocenters. The van der Waals surface area contributed by atoms with Crippen molar-refractivity contribution in [1.82, 2.24) is 0 Å². The zero-order valence-electron chi connectivity index (χ0n) is 12.0. The van der Waals surface area contributed by atoms with Gasteiger partial charge >= 0.3 is 24.2 Å². The summed E-state index contributed by atoms with van der Waals surface area (Å²) >= 11 is 0. The Balaban J connectivity index is 3.20. The minimum Gasteiger partial charge on any atom is -0.203 e. The van der Waals surface area contributed by atoms with Crippen LogP contribution in [0.25, 0.3) is 0 Å². The van der Waals surface area contributed by atoms with Gasteiger partial charge in [-0.2, -0.15) is 52.7 Å². The molecular weight excluding hydrogens is 448 g/mol. The number of hydrogen-bond acceptors (Lipinski definition) is 0. The maximum atomic E-state index is 14.0. The molecule has 2 rings (SSSR count). The summed E-state index contributed by atoms with van der Waals surface area (Å²) in [5.41, 5.74) is -14.2. The predicted octanol–water partition coefficient (Wildman–Crippen LogP) is 5.98. The molecule has 0 nitrogen and oxygen atoms in total. The van der Waals surface area contributed by atoms with Gasteiger partial charge in [-0.1, -0.05) is 0 Å². The maximum absolute atomic E-state index is 14.0. The van der Waals surface area contributed by atoms with E-state index in [9.17, 15) is 70.2 Å². The number of hydrogen-bond donors (Lipinski definition) is 0. The van der Waals surface area contributed by atoms with Gasteiger partial charge in [-0.25, -0.2) is 17.6 Å². The van der Waals surface area contributed by atoms with Gasteiger partial charge in [0.15, 0.2) is 23.3 Å². The highest BCUT2D eigenvalue weighted by Gasteiger charge is 2.97. The van der Waals surface area contributed by atoms with E-state index >= 15 is 0 Å². The highest BCUT2D eigenvalue weighted by Crippen LogP contribution is 2.75. The van der Waals surface area contributed by atoms with Crippen molar-refractivity contribution in [2.75, 3.05) is 0 Å². The molecule has 0 saturated heterocycles. The first kappa shape index (κ1) is 22.4. The first-order valence-corrected chi connectivity index (χ1v) is 6.27. The first-order valence-electron chi connectivity index (χ1n) is 6.27. The van der Waals surface area contributed by atoms with Crippen LogP contribution < -0.4 is 0 Å². The molecule has 0 unspecified atom stereocenters. The van der Waals surface area contributed by atoms with E-state index in [0.717, 1.165) is 0 Å². The van der Waals surface area contributed by atoms with Gasteiger partial charge in [0.25, 0.3) is 5.92 Å². The van der Waals surface area contributed by atoms with Crippen LogP contribution in [0.2, 0.25) is 0 Å². The highest BCUT2D eigenvalue weighted by molar-refractivity contribution is 5.58. The highest BCUT2D eigenvalue weighted by atomic mass is 19.4. The third-order valence-corrected chi connectivity index (χ3v) is 4.08. The summed E-state index contributed by atoms with van der Waals surface area (Å²) in [5, 5.41) is 0. The number of benzene rings is 1. The van der Waals surface area contributed by atoms with Gasteiger partial charge in [-0.3, -0.25) is 0 Å². The van der Waals surface area contributed by atoms with Crippen molar-refractivity contribution in [3.63, 3.8) is 0 Å². The molecule has 0 saturated carbocycles. The molecule has 0 radical (unpaired) electrons. The normalized spacial score (nSPS) is 19.3. The van der Waals surface area contributed by atoms with Crippen molar-refractivity contribution in [2.24, 2.45) is 0 Å². The van der Waals surface area contributed by atoms with Gasteiger partial charge in [0.05, 0.1) is 5.56 Å². The average molecular weight is 448 g/mol. The molecule has 0 aromatic heterocycles. The van der Waals surface area contributed by atoms with Gasteiger partial charge in [0.2, 0.25) is 5.41 Å². The van der Waals surface area contributed by atoms with E-state index in [-0.39, 0.29) is 0 Å². The fourth-order valence-corrected chi connectivity index (χ4v) is 2.89. The van der Waals surface area contributed by atoms with E-state index in [2.05, 4.69) is 0 Å². The van der Waals surface area contributed by atoms with Crippen LogP contribution in [0.4, 0.5) is 70.2 Å². The lowest BCUT2D eigenvalue weighted by Gasteiger charge is -2.56. The van der Waals surface area contributed by atoms with E-state index in [1.165, 1.54) is 0 Å². The molecule has 0 N–H and O–H groups in total. The minimum absolute atomic E-state index is 3.25. The van der Waals surface area contributed by atoms with Crippen LogP contribution in [-0.4, -0.2) is 24.2 Å². The van der Waals surface area contributed by atoms with Crippen LogP contribution in [0.15, 0.2) is 0 Å². The van der Waals surface area contributed by atoms with Crippen molar-refractivity contribution < 1.29 is 70.2 Å². The second-order valence-corrected chi connectivity index (χ2v) is 5.47. The molecule has 1 aliphatic rings. The summed E-state index contributed by atoms with van der Waals surface area (Å²) in [7, 11) is 0. The van der Waals surface area contributed by atoms with E-state index in [0.29, 0.717) is 0 Å². The molecule has 0 heterocycles. The molecule has 0 aliphatic heterocycles. The van der Waals surface area contributed by atoms with Crippen molar-refractivity contribution in [2.45, 2.75) is 35.5 Å². The molecule has 1 aromatic carbocycles. The van der Waals surface area contributed by atoms with E-state index in [1.807, 2.05) is 0 Å². The van der Waals surface area contributed by atoms with Gasteiger partial charge in [-0.05, 0) is 0 Å². The Morgan fingerprint density at radius 1 is 0.464 bits per heavy atom. The molecule has 16 heteroatoms. The minimum atomic E-state index is -7.80. The first-order chi connectivity index (χ1) is 12.1. The Morgan fingerprint density at radius 2 is 0.750 bits per heavy atom. The quantitative estimate of drug-likeness (QED) is 0.297. The van der Waals surface area contributed by atoms with Crippen molar-refractivity contribution in [3.05, 3.63) is 34.4 Å². The second kappa shape index (κ2) is 5.37. The third-order valence-electron chi connectivity index (χ3n) is 4.08. The molecule has 28 heavy (non-hydrogen) atoms. The van der Waals surface area contributed by atoms with Crippen molar-refractivity contribution in [1.29, 1.82) is 0 Å². The predicted molar refractivity (Wildman–Crippen MR) is 53.8 cm³/mol. The topological polar surface area (TPSA) is 0 Å². The maximum Gasteiger partial charge on any atom is 0.454 e. The molecular formula is C12F16. The number of rotatable bonds is 2. The number of fused-ring (bicyclic) bond motifs is 1. The number of alkyl halides is 12. The van der Waals surface area contributed by atoms with E-state index in [1.54, 1.807) is 0 Å². The third kappa shape index (κ3) is 2.06. The Labute approximate surface area is 141 Å². The lowest BCUT2D eigenvalue weighted by Crippen LogP contribution is -2.79. The molecule has 0 amide bonds. The van der Waals surface area contributed by atoms with Crippen LogP contribution in [0.3, 0.4) is 0 Å². The van der Waals surface area contributed by atoms with Crippen LogP contribution >= 0.6 is 0 Å². The standard InChI is InChI=1S/C12F16/c13-3-1-2(4(14)6(16)5(3)15)8(17,18)7(1,9(19,20)11(23,24)25)10(21,22)12(26,27)28. The smallest absolute Gasteiger partial charge is 0.203 e. The van der Waals surface area contributed by atoms with Gasteiger partial charge in [0.1, 0.15) is 0 Å². The molecule has 0 bridgehead atoms. The molecule has 0 fully saturated rings. The molecule has 160 valence electrons. The van der Waals surface area contributed by atoms with Crippen LogP contribution in [0.1, 0.15) is 11.1 Å². The van der Waals surface area contributed by atoms with Crippen LogP contribution in [0.5, 0.6) is 0 Å². The lowest BCUT2D eigenvalue weighted by molar-refractivity contribution is -0.429. The van der Waals surface area contributed by atoms with Gasteiger partial charge in [-0.15, -0.1) is 0 Å². The van der Waals surface area contributed by atoms with E-state index < -0.39 is 69.9 Å². The zero-order chi connectivity index (χ0) is 22.5. The molecule has 0 spiro atoms. The van der Waals surface area contributed by atoms with Gasteiger partial charge < -0.3 is 0 Å². The fraction of sp³-hybridized carbons (Fsp3) is 0.500. The zero-order valence-corrected chi connectivity index (χ0v) is 12.0. The Kier molecular flexibility index (Phi) is 4.29. The summed E-state index contributed by atoms with van der Waals surface area (Å²) < 4.78 is 211. The Morgan fingerprint density at radius 3 is 1.04 bits per heavy atom. The Hall–Kier alpha value is -1.90. The summed E-state index contributed by atoms with van der Waals surface area (Å²) in [4.78, 5) is 0. The molecule has 1 aromatic rings. The summed E-state index contributed by atoms with van der Waals surface area (Å²) in [6.07, 6.45) is -15.2. The average Bonchev–Trinajstić information content (AvgIpc) is 2.46. The summed E-state index contributed by atoms with van der Waals surface area (Å²) in [6, 6.07) is 0. The summed E-state index contributed by atoms with van der Waals surface area (Å²) in [5.74, 6) is -36.2. The van der Waals surface area contributed by atoms with Crippen LogP contribution in [0, 0.1) is 23.3 Å². The van der Waals surface area contributed by atoms with Crippen molar-refractivity contribution >= 4 is 0 Å². The SMILES string of the molecule is Fc1c(F)c(F)c2c(c1F)C(F)(F)C2(C(F)(F)C(F)(F)F)C(F)(F)C(F)(F)F. The van der Waals surface area contributed by atoms with Gasteiger partial charge in [0, 0.05) is 5.56 Å². The largest absolute Gasteiger partial charge is 0.454 e. The molecule has 1 aliphatic carbocycles. The fourth-order valence-electron chi connectivity index (χ4n) is 2.89. The second-order valence-electron chi connectivity index (χ2n) is 5.47. The lowest BCUT2D eigenvalue weighted by atomic mass is 9.53. The van der Waals surface area contributed by atoms with Crippen molar-refractivity contribution in [3.8, 4) is 0 Å². The van der Waals surface area contributed by atoms with Crippen LogP contribution in [-0.2, 0) is 11.3 Å². The summed E-state index contributed by atoms with van der Waals surface area (Å²) in [6.45, 7) is 0. The number of halogens is 16.